The zero-order valence-corrected chi connectivity index (χ0v) is 17.5. The van der Waals surface area contributed by atoms with Crippen molar-refractivity contribution in [2.75, 3.05) is 20.1 Å². The number of aliphatic imine (C=N–C) groups is 1. The summed E-state index contributed by atoms with van der Waals surface area (Å²) in [4.78, 5) is 19.2. The van der Waals surface area contributed by atoms with E-state index in [0.717, 1.165) is 44.7 Å². The first kappa shape index (κ1) is 20.5. The van der Waals surface area contributed by atoms with Crippen molar-refractivity contribution >= 4 is 46.7 Å². The van der Waals surface area contributed by atoms with Crippen LogP contribution in [0.5, 0.6) is 0 Å². The number of aromatic nitrogens is 1. The molecule has 1 aliphatic rings. The zero-order valence-electron chi connectivity index (χ0n) is 15.2. The van der Waals surface area contributed by atoms with E-state index in [2.05, 4.69) is 50.3 Å². The van der Waals surface area contributed by atoms with Gasteiger partial charge in [-0.2, -0.15) is 0 Å². The first-order valence-electron chi connectivity index (χ1n) is 9.05. The summed E-state index contributed by atoms with van der Waals surface area (Å²) in [5.41, 5.74) is 2.47. The van der Waals surface area contributed by atoms with Crippen LogP contribution in [0, 0.1) is 0 Å². The van der Waals surface area contributed by atoms with E-state index in [1.807, 2.05) is 6.07 Å². The van der Waals surface area contributed by atoms with Crippen LogP contribution in [0.3, 0.4) is 0 Å². The van der Waals surface area contributed by atoms with Gasteiger partial charge >= 0.3 is 0 Å². The van der Waals surface area contributed by atoms with Gasteiger partial charge in [-0.1, -0.05) is 18.2 Å². The van der Waals surface area contributed by atoms with Crippen molar-refractivity contribution in [3.05, 3.63) is 36.0 Å². The van der Waals surface area contributed by atoms with Gasteiger partial charge in [0.05, 0.1) is 0 Å². The first-order valence-corrected chi connectivity index (χ1v) is 9.05. The molecule has 0 aliphatic heterocycles. The normalized spacial score (nSPS) is 14.0. The van der Waals surface area contributed by atoms with Crippen LogP contribution in [-0.4, -0.2) is 43.0 Å². The quantitative estimate of drug-likeness (QED) is 0.208. The van der Waals surface area contributed by atoms with Gasteiger partial charge in [0.1, 0.15) is 0 Å². The Labute approximate surface area is 171 Å². The van der Waals surface area contributed by atoms with E-state index in [1.165, 1.54) is 16.5 Å². The highest BCUT2D eigenvalue weighted by molar-refractivity contribution is 14.0. The van der Waals surface area contributed by atoms with Gasteiger partial charge < -0.3 is 20.9 Å². The molecule has 2 aromatic rings. The van der Waals surface area contributed by atoms with E-state index in [0.29, 0.717) is 12.5 Å². The fourth-order valence-electron chi connectivity index (χ4n) is 2.86. The number of aromatic amines is 1. The summed E-state index contributed by atoms with van der Waals surface area (Å²) >= 11 is 0. The molecule has 1 heterocycles. The fraction of sp³-hybridized carbons (Fsp3) is 0.474. The molecule has 1 aliphatic carbocycles. The molecule has 1 aromatic carbocycles. The Morgan fingerprint density at radius 2 is 2.00 bits per heavy atom. The average Bonchev–Trinajstić information content (AvgIpc) is 3.35. The summed E-state index contributed by atoms with van der Waals surface area (Å²) in [7, 11) is 1.76. The molecule has 142 valence electrons. The Hall–Kier alpha value is -1.77. The molecule has 1 amide bonds. The SMILES string of the molecule is CN=C(NCCCC(=O)NC1CC1)NCCc1c[nH]c2ccccc12.I. The van der Waals surface area contributed by atoms with E-state index in [-0.39, 0.29) is 29.9 Å². The van der Waals surface area contributed by atoms with E-state index >= 15 is 0 Å². The number of fused-ring (bicyclic) bond motifs is 1. The van der Waals surface area contributed by atoms with Gasteiger partial charge in [-0.3, -0.25) is 9.79 Å². The molecule has 0 radical (unpaired) electrons. The molecule has 3 rings (SSSR count). The fourth-order valence-corrected chi connectivity index (χ4v) is 2.86. The van der Waals surface area contributed by atoms with Gasteiger partial charge in [0.15, 0.2) is 5.96 Å². The first-order chi connectivity index (χ1) is 12.3. The third-order valence-corrected chi connectivity index (χ3v) is 4.40. The molecule has 1 aromatic heterocycles. The summed E-state index contributed by atoms with van der Waals surface area (Å²) in [6.45, 7) is 1.55. The maximum absolute atomic E-state index is 11.6. The van der Waals surface area contributed by atoms with Crippen LogP contribution < -0.4 is 16.0 Å². The van der Waals surface area contributed by atoms with Gasteiger partial charge in [0, 0.05) is 49.7 Å². The number of carbonyl (C=O) groups excluding carboxylic acids is 1. The van der Waals surface area contributed by atoms with Crippen molar-refractivity contribution in [1.29, 1.82) is 0 Å². The molecule has 7 heteroatoms. The molecule has 26 heavy (non-hydrogen) atoms. The molecule has 6 nitrogen and oxygen atoms in total. The Kier molecular flexibility index (Phi) is 8.21. The Morgan fingerprint density at radius 1 is 1.23 bits per heavy atom. The summed E-state index contributed by atoms with van der Waals surface area (Å²) in [5, 5.41) is 10.9. The number of para-hydroxylation sites is 1. The standard InChI is InChI=1S/C19H27N5O.HI/c1-20-19(21-11-4-7-18(25)24-15-8-9-15)22-12-10-14-13-23-17-6-3-2-5-16(14)17;/h2-3,5-6,13,15,23H,4,7-12H2,1H3,(H,24,25)(H2,20,21,22);1H. The highest BCUT2D eigenvalue weighted by Gasteiger charge is 2.22. The Balaban J connectivity index is 0.00000243. The number of halogens is 1. The minimum Gasteiger partial charge on any atom is -0.361 e. The van der Waals surface area contributed by atoms with Crippen molar-refractivity contribution in [2.24, 2.45) is 4.99 Å². The van der Waals surface area contributed by atoms with E-state index in [9.17, 15) is 4.79 Å². The predicted molar refractivity (Wildman–Crippen MR) is 117 cm³/mol. The van der Waals surface area contributed by atoms with Crippen LogP contribution in [0.1, 0.15) is 31.2 Å². The maximum atomic E-state index is 11.6. The van der Waals surface area contributed by atoms with Crippen LogP contribution >= 0.6 is 24.0 Å². The molecular formula is C19H28IN5O. The van der Waals surface area contributed by atoms with Crippen LogP contribution in [0.4, 0.5) is 0 Å². The molecule has 0 spiro atoms. The number of nitrogens with one attached hydrogen (secondary N) is 4. The van der Waals surface area contributed by atoms with Crippen molar-refractivity contribution in [3.8, 4) is 0 Å². The van der Waals surface area contributed by atoms with E-state index < -0.39 is 0 Å². The van der Waals surface area contributed by atoms with Crippen molar-refractivity contribution in [2.45, 2.75) is 38.1 Å². The predicted octanol–water partition coefficient (Wildman–Crippen LogP) is 2.55. The van der Waals surface area contributed by atoms with Crippen molar-refractivity contribution in [3.63, 3.8) is 0 Å². The number of rotatable bonds is 8. The molecular weight excluding hydrogens is 441 g/mol. The maximum Gasteiger partial charge on any atom is 0.220 e. The summed E-state index contributed by atoms with van der Waals surface area (Å²) in [6.07, 6.45) is 6.64. The third-order valence-electron chi connectivity index (χ3n) is 4.40. The Morgan fingerprint density at radius 3 is 2.77 bits per heavy atom. The number of hydrogen-bond donors (Lipinski definition) is 4. The summed E-state index contributed by atoms with van der Waals surface area (Å²) in [6, 6.07) is 8.77. The number of hydrogen-bond acceptors (Lipinski definition) is 2. The van der Waals surface area contributed by atoms with Gasteiger partial charge in [-0.15, -0.1) is 24.0 Å². The van der Waals surface area contributed by atoms with Crippen LogP contribution in [-0.2, 0) is 11.2 Å². The van der Waals surface area contributed by atoms with Crippen LogP contribution in [0.15, 0.2) is 35.5 Å². The molecule has 0 unspecified atom stereocenters. The number of benzene rings is 1. The average molecular weight is 469 g/mol. The lowest BCUT2D eigenvalue weighted by Crippen LogP contribution is -2.39. The Bertz CT molecular complexity index is 738. The molecule has 4 N–H and O–H groups in total. The smallest absolute Gasteiger partial charge is 0.220 e. The van der Waals surface area contributed by atoms with Gasteiger partial charge in [-0.25, -0.2) is 0 Å². The van der Waals surface area contributed by atoms with Crippen molar-refractivity contribution in [1.82, 2.24) is 20.9 Å². The number of H-pyrrole nitrogens is 1. The second-order valence-corrected chi connectivity index (χ2v) is 6.48. The number of guanidine groups is 1. The summed E-state index contributed by atoms with van der Waals surface area (Å²) < 4.78 is 0. The summed E-state index contributed by atoms with van der Waals surface area (Å²) in [5.74, 6) is 0.939. The third kappa shape index (κ3) is 6.19. The lowest BCUT2D eigenvalue weighted by Gasteiger charge is -2.11. The van der Waals surface area contributed by atoms with Gasteiger partial charge in [0.25, 0.3) is 0 Å². The molecule has 0 bridgehead atoms. The monoisotopic (exact) mass is 469 g/mol. The largest absolute Gasteiger partial charge is 0.361 e. The van der Waals surface area contributed by atoms with Crippen molar-refractivity contribution < 1.29 is 4.79 Å². The van der Waals surface area contributed by atoms with Crippen LogP contribution in [0.25, 0.3) is 10.9 Å². The van der Waals surface area contributed by atoms with Gasteiger partial charge in [-0.05, 0) is 37.3 Å². The van der Waals surface area contributed by atoms with E-state index in [1.54, 1.807) is 7.05 Å². The molecule has 0 atom stereocenters. The lowest BCUT2D eigenvalue weighted by atomic mass is 10.1. The highest BCUT2D eigenvalue weighted by atomic mass is 127. The topological polar surface area (TPSA) is 81.3 Å². The van der Waals surface area contributed by atoms with Gasteiger partial charge in [0.2, 0.25) is 5.91 Å². The lowest BCUT2D eigenvalue weighted by molar-refractivity contribution is -0.121. The zero-order chi connectivity index (χ0) is 17.5. The molecule has 0 saturated heterocycles. The number of carbonyl (C=O) groups is 1. The van der Waals surface area contributed by atoms with Crippen LogP contribution in [0.2, 0.25) is 0 Å². The number of nitrogens with zero attached hydrogens (tertiary/aromatic N) is 1. The molecule has 1 fully saturated rings. The molecule has 1 saturated carbocycles. The minimum atomic E-state index is 0. The minimum absolute atomic E-state index is 0. The second-order valence-electron chi connectivity index (χ2n) is 6.48. The number of amides is 1. The second kappa shape index (κ2) is 10.4. The highest BCUT2D eigenvalue weighted by Crippen LogP contribution is 2.19. The van der Waals surface area contributed by atoms with E-state index in [4.69, 9.17) is 0 Å².